The van der Waals surface area contributed by atoms with Gasteiger partial charge in [0, 0.05) is 24.9 Å². The van der Waals surface area contributed by atoms with E-state index in [2.05, 4.69) is 58.1 Å². The number of hydrogen-bond donors (Lipinski definition) is 1. The molecule has 0 saturated carbocycles. The summed E-state index contributed by atoms with van der Waals surface area (Å²) in [6, 6.07) is 0.661. The Morgan fingerprint density at radius 1 is 1.24 bits per heavy atom. The van der Waals surface area contributed by atoms with Crippen LogP contribution in [0.1, 0.15) is 34.6 Å². The van der Waals surface area contributed by atoms with Crippen LogP contribution in [0, 0.1) is 11.3 Å². The van der Waals surface area contributed by atoms with Crippen LogP contribution < -0.4 is 5.32 Å². The minimum absolute atomic E-state index is 0.344. The lowest BCUT2D eigenvalue weighted by Crippen LogP contribution is -2.43. The quantitative estimate of drug-likeness (QED) is 0.686. The smallest absolute Gasteiger partial charge is 0.0155 e. The van der Waals surface area contributed by atoms with Crippen LogP contribution >= 0.6 is 11.8 Å². The summed E-state index contributed by atoms with van der Waals surface area (Å²) in [5.74, 6) is 1.95. The normalized spacial score (nSPS) is 14.6. The van der Waals surface area contributed by atoms with E-state index in [9.17, 15) is 0 Å². The molecule has 1 unspecified atom stereocenters. The van der Waals surface area contributed by atoms with Gasteiger partial charge >= 0.3 is 0 Å². The van der Waals surface area contributed by atoms with Gasteiger partial charge in [0.25, 0.3) is 0 Å². The Kier molecular flexibility index (Phi) is 8.52. The SMILES string of the molecule is CSCC(C)N(C)CC(C)(C)CNCC(C)C. The predicted octanol–water partition coefficient (Wildman–Crippen LogP) is 2.94. The highest BCUT2D eigenvalue weighted by molar-refractivity contribution is 7.98. The van der Waals surface area contributed by atoms with Crippen molar-refractivity contribution in [3.8, 4) is 0 Å². The minimum Gasteiger partial charge on any atom is -0.316 e. The summed E-state index contributed by atoms with van der Waals surface area (Å²) >= 11 is 1.93. The van der Waals surface area contributed by atoms with Crippen LogP contribution in [-0.4, -0.2) is 49.6 Å². The Morgan fingerprint density at radius 2 is 1.82 bits per heavy atom. The van der Waals surface area contributed by atoms with Gasteiger partial charge in [-0.25, -0.2) is 0 Å². The van der Waals surface area contributed by atoms with Gasteiger partial charge in [0.2, 0.25) is 0 Å². The van der Waals surface area contributed by atoms with E-state index >= 15 is 0 Å². The van der Waals surface area contributed by atoms with E-state index in [1.54, 1.807) is 0 Å². The molecule has 1 N–H and O–H groups in total. The third-order valence-corrected chi connectivity index (χ3v) is 3.81. The second-order valence-electron chi connectivity index (χ2n) is 6.41. The number of thioether (sulfide) groups is 1. The highest BCUT2D eigenvalue weighted by atomic mass is 32.2. The largest absolute Gasteiger partial charge is 0.316 e. The molecule has 0 aliphatic heterocycles. The summed E-state index contributed by atoms with van der Waals surface area (Å²) in [5, 5.41) is 3.57. The molecule has 0 aromatic rings. The standard InChI is InChI=1S/C14H32N2S/c1-12(2)8-15-10-14(4,5)11-16(6)13(3)9-17-7/h12-13,15H,8-11H2,1-7H3. The molecular formula is C14H32N2S. The minimum atomic E-state index is 0.344. The van der Waals surface area contributed by atoms with Gasteiger partial charge in [-0.1, -0.05) is 27.7 Å². The van der Waals surface area contributed by atoms with Gasteiger partial charge in [-0.05, 0) is 38.1 Å². The molecular weight excluding hydrogens is 228 g/mol. The van der Waals surface area contributed by atoms with Gasteiger partial charge in [0.05, 0.1) is 0 Å². The van der Waals surface area contributed by atoms with E-state index in [0.717, 1.165) is 25.6 Å². The van der Waals surface area contributed by atoms with E-state index in [-0.39, 0.29) is 0 Å². The van der Waals surface area contributed by atoms with Crippen molar-refractivity contribution in [3.63, 3.8) is 0 Å². The molecule has 0 saturated heterocycles. The van der Waals surface area contributed by atoms with Gasteiger partial charge in [0.15, 0.2) is 0 Å². The van der Waals surface area contributed by atoms with Crippen LogP contribution in [0.3, 0.4) is 0 Å². The number of nitrogens with one attached hydrogen (secondary N) is 1. The summed E-state index contributed by atoms with van der Waals surface area (Å²) in [6.45, 7) is 14.9. The highest BCUT2D eigenvalue weighted by Gasteiger charge is 2.22. The zero-order chi connectivity index (χ0) is 13.5. The first-order chi connectivity index (χ1) is 7.78. The molecule has 0 rings (SSSR count). The van der Waals surface area contributed by atoms with E-state index in [4.69, 9.17) is 0 Å². The van der Waals surface area contributed by atoms with E-state index in [0.29, 0.717) is 11.5 Å². The molecule has 104 valence electrons. The molecule has 0 aromatic heterocycles. The Bertz CT molecular complexity index is 193. The zero-order valence-corrected chi connectivity index (χ0v) is 13.7. The Labute approximate surface area is 113 Å². The van der Waals surface area contributed by atoms with Gasteiger partial charge in [-0.15, -0.1) is 0 Å². The highest BCUT2D eigenvalue weighted by Crippen LogP contribution is 2.17. The molecule has 2 nitrogen and oxygen atoms in total. The molecule has 0 amide bonds. The third kappa shape index (κ3) is 8.92. The fraction of sp³-hybridized carbons (Fsp3) is 1.00. The summed E-state index contributed by atoms with van der Waals surface area (Å²) in [4.78, 5) is 2.48. The van der Waals surface area contributed by atoms with Crippen LogP contribution in [0.25, 0.3) is 0 Å². The Morgan fingerprint density at radius 3 is 2.29 bits per heavy atom. The maximum Gasteiger partial charge on any atom is 0.0155 e. The van der Waals surface area contributed by atoms with Crippen LogP contribution in [0.2, 0.25) is 0 Å². The monoisotopic (exact) mass is 260 g/mol. The topological polar surface area (TPSA) is 15.3 Å². The van der Waals surface area contributed by atoms with Crippen molar-refractivity contribution in [2.45, 2.75) is 40.7 Å². The first-order valence-electron chi connectivity index (χ1n) is 6.68. The second-order valence-corrected chi connectivity index (χ2v) is 7.32. The predicted molar refractivity (Wildman–Crippen MR) is 82.0 cm³/mol. The molecule has 3 heteroatoms. The third-order valence-electron chi connectivity index (χ3n) is 2.99. The Hall–Kier alpha value is 0.270. The molecule has 0 aromatic carbocycles. The lowest BCUT2D eigenvalue weighted by atomic mass is 9.92. The van der Waals surface area contributed by atoms with Crippen molar-refractivity contribution >= 4 is 11.8 Å². The average molecular weight is 260 g/mol. The lowest BCUT2D eigenvalue weighted by Gasteiger charge is -2.34. The summed E-state index contributed by atoms with van der Waals surface area (Å²) < 4.78 is 0. The van der Waals surface area contributed by atoms with Crippen molar-refractivity contribution in [3.05, 3.63) is 0 Å². The molecule has 1 atom stereocenters. The van der Waals surface area contributed by atoms with Crippen LogP contribution in [0.15, 0.2) is 0 Å². The van der Waals surface area contributed by atoms with Crippen LogP contribution in [0.5, 0.6) is 0 Å². The van der Waals surface area contributed by atoms with Crippen molar-refractivity contribution in [2.75, 3.05) is 38.7 Å². The summed E-state index contributed by atoms with van der Waals surface area (Å²) in [5.41, 5.74) is 0.344. The van der Waals surface area contributed by atoms with Crippen molar-refractivity contribution in [2.24, 2.45) is 11.3 Å². The molecule has 0 fully saturated rings. The molecule has 17 heavy (non-hydrogen) atoms. The molecule has 0 radical (unpaired) electrons. The van der Waals surface area contributed by atoms with Crippen molar-refractivity contribution in [1.29, 1.82) is 0 Å². The molecule has 0 heterocycles. The van der Waals surface area contributed by atoms with Crippen LogP contribution in [-0.2, 0) is 0 Å². The first kappa shape index (κ1) is 17.3. The number of hydrogen-bond acceptors (Lipinski definition) is 3. The average Bonchev–Trinajstić information content (AvgIpc) is 2.16. The van der Waals surface area contributed by atoms with Crippen molar-refractivity contribution in [1.82, 2.24) is 10.2 Å². The maximum atomic E-state index is 3.57. The molecule has 0 bridgehead atoms. The number of rotatable bonds is 9. The van der Waals surface area contributed by atoms with E-state index < -0.39 is 0 Å². The molecule has 0 spiro atoms. The van der Waals surface area contributed by atoms with Gasteiger partial charge in [0.1, 0.15) is 0 Å². The van der Waals surface area contributed by atoms with Gasteiger partial charge < -0.3 is 10.2 Å². The molecule has 0 aliphatic rings. The second kappa shape index (κ2) is 8.39. The fourth-order valence-electron chi connectivity index (χ4n) is 1.95. The van der Waals surface area contributed by atoms with E-state index in [1.165, 1.54) is 5.75 Å². The molecule has 0 aliphatic carbocycles. The van der Waals surface area contributed by atoms with E-state index in [1.807, 2.05) is 11.8 Å². The summed E-state index contributed by atoms with van der Waals surface area (Å²) in [6.07, 6.45) is 2.18. The zero-order valence-electron chi connectivity index (χ0n) is 12.8. The van der Waals surface area contributed by atoms with Crippen molar-refractivity contribution < 1.29 is 0 Å². The lowest BCUT2D eigenvalue weighted by molar-refractivity contribution is 0.174. The van der Waals surface area contributed by atoms with Crippen LogP contribution in [0.4, 0.5) is 0 Å². The number of nitrogens with zero attached hydrogens (tertiary/aromatic N) is 1. The van der Waals surface area contributed by atoms with Gasteiger partial charge in [-0.3, -0.25) is 0 Å². The first-order valence-corrected chi connectivity index (χ1v) is 8.08. The Balaban J connectivity index is 3.97. The maximum absolute atomic E-state index is 3.57. The van der Waals surface area contributed by atoms with Gasteiger partial charge in [-0.2, -0.15) is 11.8 Å². The summed E-state index contributed by atoms with van der Waals surface area (Å²) in [7, 11) is 2.24. The fourth-order valence-corrected chi connectivity index (χ4v) is 2.69.